The van der Waals surface area contributed by atoms with Crippen molar-refractivity contribution in [1.82, 2.24) is 0 Å². The third-order valence-corrected chi connectivity index (χ3v) is 9.40. The minimum absolute atomic E-state index is 0.167. The molecule has 14 atom stereocenters. The number of carbonyl (C=O) groups excluding carboxylic acids is 2. The predicted molar refractivity (Wildman–Crippen MR) is 173 cm³/mol. The summed E-state index contributed by atoms with van der Waals surface area (Å²) >= 11 is 0. The molecular formula is C32H61N3O14. The highest BCUT2D eigenvalue weighted by atomic mass is 16.7. The van der Waals surface area contributed by atoms with E-state index in [1.807, 2.05) is 0 Å². The molecule has 2 aliphatic rings. The van der Waals surface area contributed by atoms with Gasteiger partial charge in [0.05, 0.1) is 37.9 Å². The van der Waals surface area contributed by atoms with Gasteiger partial charge in [0.2, 0.25) is 5.79 Å². The van der Waals surface area contributed by atoms with Gasteiger partial charge in [0.1, 0.15) is 61.2 Å². The number of aliphatic hydroxyl groups excluding tert-OH is 8. The second-order valence-corrected chi connectivity index (χ2v) is 13.2. The molecule has 0 amide bonds. The first-order valence-electron chi connectivity index (χ1n) is 17.5. The number of hydrogen-bond acceptors (Lipinski definition) is 17. The molecule has 0 spiro atoms. The van der Waals surface area contributed by atoms with E-state index >= 15 is 0 Å². The molecular weight excluding hydrogens is 650 g/mol. The monoisotopic (exact) mass is 711 g/mol. The largest absolute Gasteiger partial charge is 0.394 e. The fraction of sp³-hybridized carbons (Fsp3) is 0.938. The summed E-state index contributed by atoms with van der Waals surface area (Å²) in [5.74, 6) is -3.48. The molecule has 2 saturated heterocycles. The molecule has 17 heteroatoms. The van der Waals surface area contributed by atoms with E-state index in [9.17, 15) is 50.4 Å². The first-order valence-corrected chi connectivity index (χ1v) is 17.5. The maximum atomic E-state index is 14.0. The quantitative estimate of drug-likeness (QED) is 0.0347. The molecule has 0 radical (unpaired) electrons. The van der Waals surface area contributed by atoms with Crippen molar-refractivity contribution in [1.29, 1.82) is 0 Å². The normalized spacial score (nSPS) is 34.7. The molecule has 0 aliphatic carbocycles. The fourth-order valence-electron chi connectivity index (χ4n) is 6.24. The maximum Gasteiger partial charge on any atom is 0.248 e. The Morgan fingerprint density at radius 3 is 1.92 bits per heavy atom. The van der Waals surface area contributed by atoms with E-state index in [0.29, 0.717) is 12.8 Å². The molecule has 2 aliphatic heterocycles. The maximum absolute atomic E-state index is 14.0. The van der Waals surface area contributed by atoms with Gasteiger partial charge in [-0.25, -0.2) is 0 Å². The number of nitrogens with two attached hydrogens (primary N) is 3. The van der Waals surface area contributed by atoms with Crippen molar-refractivity contribution in [2.75, 3.05) is 19.8 Å². The summed E-state index contributed by atoms with van der Waals surface area (Å²) < 4.78 is 23.1. The Bertz CT molecular complexity index is 951. The van der Waals surface area contributed by atoms with Crippen LogP contribution in [0.2, 0.25) is 0 Å². The van der Waals surface area contributed by atoms with Gasteiger partial charge in [-0.2, -0.15) is 0 Å². The number of aliphatic hydroxyl groups is 8. The van der Waals surface area contributed by atoms with Crippen LogP contribution in [-0.2, 0) is 28.5 Å². The molecule has 0 aromatic heterocycles. The molecule has 49 heavy (non-hydrogen) atoms. The van der Waals surface area contributed by atoms with Crippen LogP contribution in [0.25, 0.3) is 0 Å². The predicted octanol–water partition coefficient (Wildman–Crippen LogP) is -3.19. The van der Waals surface area contributed by atoms with Crippen LogP contribution in [0.4, 0.5) is 0 Å². The van der Waals surface area contributed by atoms with Crippen LogP contribution in [0.5, 0.6) is 0 Å². The molecule has 2 fully saturated rings. The van der Waals surface area contributed by atoms with Crippen molar-refractivity contribution in [2.24, 2.45) is 17.2 Å². The van der Waals surface area contributed by atoms with Crippen molar-refractivity contribution in [3.8, 4) is 0 Å². The molecule has 14 N–H and O–H groups in total. The summed E-state index contributed by atoms with van der Waals surface area (Å²) in [5.41, 5.74) is 18.1. The van der Waals surface area contributed by atoms with Gasteiger partial charge in [0, 0.05) is 6.42 Å². The Kier molecular flexibility index (Phi) is 19.7. The second-order valence-electron chi connectivity index (χ2n) is 13.2. The number of ether oxygens (including phenoxy) is 4. The van der Waals surface area contributed by atoms with Gasteiger partial charge < -0.3 is 81.8 Å². The first kappa shape index (κ1) is 43.9. The van der Waals surface area contributed by atoms with Crippen LogP contribution >= 0.6 is 0 Å². The number of rotatable bonds is 24. The smallest absolute Gasteiger partial charge is 0.248 e. The molecule has 0 aromatic rings. The lowest BCUT2D eigenvalue weighted by molar-refractivity contribution is -0.363. The van der Waals surface area contributed by atoms with Gasteiger partial charge in [-0.1, -0.05) is 71.1 Å². The number of carbonyl (C=O) groups is 2. The van der Waals surface area contributed by atoms with Crippen molar-refractivity contribution in [3.63, 3.8) is 0 Å². The van der Waals surface area contributed by atoms with Crippen molar-refractivity contribution >= 4 is 12.1 Å². The summed E-state index contributed by atoms with van der Waals surface area (Å²) in [7, 11) is 0. The van der Waals surface area contributed by atoms with E-state index in [4.69, 9.17) is 36.1 Å². The van der Waals surface area contributed by atoms with E-state index < -0.39 is 111 Å². The second kappa shape index (κ2) is 22.0. The molecule has 0 unspecified atom stereocenters. The summed E-state index contributed by atoms with van der Waals surface area (Å²) in [6, 6.07) is -4.86. The van der Waals surface area contributed by atoms with Crippen LogP contribution in [0, 0.1) is 0 Å². The van der Waals surface area contributed by atoms with E-state index in [2.05, 4.69) is 6.92 Å². The zero-order chi connectivity index (χ0) is 36.7. The Balaban J connectivity index is 2.28. The summed E-state index contributed by atoms with van der Waals surface area (Å²) in [6.45, 7) is -0.458. The van der Waals surface area contributed by atoms with E-state index in [1.165, 1.54) is 32.1 Å². The van der Waals surface area contributed by atoms with Crippen LogP contribution in [0.15, 0.2) is 0 Å². The molecule has 2 heterocycles. The Hall–Kier alpha value is -1.26. The summed E-state index contributed by atoms with van der Waals surface area (Å²) in [6.07, 6.45) is -5.91. The lowest BCUT2D eigenvalue weighted by Crippen LogP contribution is -2.75. The van der Waals surface area contributed by atoms with Crippen LogP contribution in [-0.4, -0.2) is 158 Å². The van der Waals surface area contributed by atoms with Crippen molar-refractivity contribution in [3.05, 3.63) is 0 Å². The summed E-state index contributed by atoms with van der Waals surface area (Å²) in [5, 5.41) is 82.9. The van der Waals surface area contributed by atoms with Crippen molar-refractivity contribution in [2.45, 2.75) is 169 Å². The van der Waals surface area contributed by atoms with E-state index in [0.717, 1.165) is 25.7 Å². The van der Waals surface area contributed by atoms with E-state index in [1.54, 1.807) is 0 Å². The third-order valence-electron chi connectivity index (χ3n) is 9.40. The highest BCUT2D eigenvalue weighted by molar-refractivity contribution is 5.87. The van der Waals surface area contributed by atoms with Gasteiger partial charge in [-0.3, -0.25) is 4.79 Å². The van der Waals surface area contributed by atoms with Crippen LogP contribution in [0.1, 0.15) is 84.0 Å². The molecule has 0 saturated carbocycles. The average Bonchev–Trinajstić information content (AvgIpc) is 3.11. The number of Topliss-reactive ketones (excluding diaryl/α,β-unsaturated/α-hetero) is 1. The Morgan fingerprint density at radius 2 is 1.41 bits per heavy atom. The number of hydrogen-bond donors (Lipinski definition) is 11. The molecule has 288 valence electrons. The van der Waals surface area contributed by atoms with Gasteiger partial charge in [-0.05, 0) is 6.42 Å². The minimum Gasteiger partial charge on any atom is -0.394 e. The Labute approximate surface area is 287 Å². The van der Waals surface area contributed by atoms with Gasteiger partial charge in [0.15, 0.2) is 12.1 Å². The molecule has 2 rings (SSSR count). The van der Waals surface area contributed by atoms with Crippen molar-refractivity contribution < 1.29 is 69.4 Å². The highest BCUT2D eigenvalue weighted by Crippen LogP contribution is 2.37. The van der Waals surface area contributed by atoms with Crippen LogP contribution < -0.4 is 17.2 Å². The average molecular weight is 712 g/mol. The topological polar surface area (TPSA) is 311 Å². The fourth-order valence-corrected chi connectivity index (χ4v) is 6.24. The van der Waals surface area contributed by atoms with E-state index in [-0.39, 0.29) is 12.7 Å². The van der Waals surface area contributed by atoms with Gasteiger partial charge in [-0.15, -0.1) is 0 Å². The number of aldehydes is 1. The number of unbranched alkanes of at least 4 members (excludes halogenated alkanes) is 10. The zero-order valence-electron chi connectivity index (χ0n) is 28.4. The lowest BCUT2D eigenvalue weighted by Gasteiger charge is -2.52. The standard InChI is InChI=1S/C32H61N3O14/c1-2-3-4-5-6-7-8-9-10-11-12-13-22(41)32(49-28(19(40)15-37)24(42)18(33)14-36)30(35)27(45)29(21(17-39)48-32)47-31-23(34)26(44)25(43)20(16-38)46-31/h14,18-21,23-31,37-40,42-45H,2-13,15-17,33-35H2,1H3/t18-,19+,20+,21+,23+,24+,25+,26+,27-,28+,29+,30+,31-,32+/m0/s1. The third kappa shape index (κ3) is 11.6. The molecule has 0 aromatic carbocycles. The van der Waals surface area contributed by atoms with Gasteiger partial charge in [0.25, 0.3) is 0 Å². The van der Waals surface area contributed by atoms with Crippen LogP contribution in [0.3, 0.4) is 0 Å². The first-order chi connectivity index (χ1) is 23.3. The number of ketones is 1. The summed E-state index contributed by atoms with van der Waals surface area (Å²) in [4.78, 5) is 25.4. The highest BCUT2D eigenvalue weighted by Gasteiger charge is 2.61. The lowest BCUT2D eigenvalue weighted by atomic mass is 9.85. The molecule has 17 nitrogen and oxygen atoms in total. The molecule has 0 bridgehead atoms. The SMILES string of the molecule is CCCCCCCCCCCCCC(=O)[C@]1(O[C@@H]([C@H](O)[C@@H](N)C=O)[C@H](O)CO)O[C@H](CO)[C@@H](O[C@@H]2O[C@H](CO)[C@@H](O)[C@H](O)[C@H]2N)[C@H](O)[C@H]1N. The van der Waals surface area contributed by atoms with Gasteiger partial charge >= 0.3 is 0 Å². The minimum atomic E-state index is -2.66. The Morgan fingerprint density at radius 1 is 0.857 bits per heavy atom. The zero-order valence-corrected chi connectivity index (χ0v) is 28.4.